The third-order valence-electron chi connectivity index (χ3n) is 4.49. The molecule has 0 saturated carbocycles. The molecule has 7 nitrogen and oxygen atoms in total. The Morgan fingerprint density at radius 2 is 1.60 bits per heavy atom. The molecule has 0 spiro atoms. The standard InChI is InChI=1S/C23H29N3O4/c1-5-20(30-18-8-6-7-15(2)14-18)23(29)26-25-22(28)12-11-21(27)24-19-10-9-16(3)13-17(19)4/h6-10,13-14,20H,5,11-12H2,1-4H3,(H,24,27)(H,25,28)(H,26,29). The zero-order valence-corrected chi connectivity index (χ0v) is 17.9. The van der Waals surface area contributed by atoms with Crippen LogP contribution in [0.1, 0.15) is 42.9 Å². The number of hydrazine groups is 1. The summed E-state index contributed by atoms with van der Waals surface area (Å²) in [6.07, 6.45) is -0.341. The van der Waals surface area contributed by atoms with Gasteiger partial charge in [-0.3, -0.25) is 25.2 Å². The fourth-order valence-electron chi connectivity index (χ4n) is 2.84. The van der Waals surface area contributed by atoms with Gasteiger partial charge in [0, 0.05) is 18.5 Å². The second-order valence-corrected chi connectivity index (χ2v) is 7.24. The fraction of sp³-hybridized carbons (Fsp3) is 0.348. The van der Waals surface area contributed by atoms with Crippen molar-refractivity contribution in [2.75, 3.05) is 5.32 Å². The van der Waals surface area contributed by atoms with E-state index in [0.29, 0.717) is 12.2 Å². The lowest BCUT2D eigenvalue weighted by molar-refractivity contribution is -0.133. The summed E-state index contributed by atoms with van der Waals surface area (Å²) in [5.74, 6) is -0.583. The Hall–Kier alpha value is -3.35. The molecule has 0 radical (unpaired) electrons. The van der Waals surface area contributed by atoms with E-state index in [4.69, 9.17) is 4.74 Å². The molecule has 0 bridgehead atoms. The minimum absolute atomic E-state index is 0.00597. The molecule has 3 amide bonds. The van der Waals surface area contributed by atoms with Crippen molar-refractivity contribution in [1.82, 2.24) is 10.9 Å². The van der Waals surface area contributed by atoms with Gasteiger partial charge in [-0.15, -0.1) is 0 Å². The predicted octanol–water partition coefficient (Wildman–Crippen LogP) is 3.34. The summed E-state index contributed by atoms with van der Waals surface area (Å²) in [7, 11) is 0. The van der Waals surface area contributed by atoms with Crippen LogP contribution < -0.4 is 20.9 Å². The van der Waals surface area contributed by atoms with Gasteiger partial charge in [-0.05, 0) is 56.5 Å². The van der Waals surface area contributed by atoms with Crippen molar-refractivity contribution in [3.05, 3.63) is 59.2 Å². The average Bonchev–Trinajstić information content (AvgIpc) is 2.70. The largest absolute Gasteiger partial charge is 0.481 e. The lowest BCUT2D eigenvalue weighted by Gasteiger charge is -2.17. The number of aryl methyl sites for hydroxylation is 3. The first-order valence-electron chi connectivity index (χ1n) is 9.97. The van der Waals surface area contributed by atoms with Crippen LogP contribution in [-0.4, -0.2) is 23.8 Å². The van der Waals surface area contributed by atoms with Crippen molar-refractivity contribution in [2.45, 2.75) is 53.1 Å². The highest BCUT2D eigenvalue weighted by molar-refractivity contribution is 5.94. The fourth-order valence-corrected chi connectivity index (χ4v) is 2.84. The molecule has 2 rings (SSSR count). The molecular formula is C23H29N3O4. The van der Waals surface area contributed by atoms with Crippen molar-refractivity contribution in [2.24, 2.45) is 0 Å². The molecule has 0 aromatic heterocycles. The summed E-state index contributed by atoms with van der Waals surface area (Å²) in [5.41, 5.74) is 8.51. The van der Waals surface area contributed by atoms with Crippen LogP contribution in [0.25, 0.3) is 0 Å². The summed E-state index contributed by atoms with van der Waals surface area (Å²) in [4.78, 5) is 36.3. The number of carbonyl (C=O) groups excluding carboxylic acids is 3. The van der Waals surface area contributed by atoms with Crippen LogP contribution in [0.2, 0.25) is 0 Å². The summed E-state index contributed by atoms with van der Waals surface area (Å²) in [6, 6.07) is 13.1. The highest BCUT2D eigenvalue weighted by atomic mass is 16.5. The quantitative estimate of drug-likeness (QED) is 0.581. The molecular weight excluding hydrogens is 382 g/mol. The molecule has 0 heterocycles. The van der Waals surface area contributed by atoms with E-state index in [0.717, 1.165) is 22.4 Å². The number of hydrogen-bond acceptors (Lipinski definition) is 4. The Labute approximate surface area is 177 Å². The molecule has 30 heavy (non-hydrogen) atoms. The summed E-state index contributed by atoms with van der Waals surface area (Å²) < 4.78 is 5.70. The average molecular weight is 412 g/mol. The van der Waals surface area contributed by atoms with Crippen molar-refractivity contribution in [1.29, 1.82) is 0 Å². The molecule has 0 fully saturated rings. The molecule has 0 aliphatic carbocycles. The highest BCUT2D eigenvalue weighted by Crippen LogP contribution is 2.17. The molecule has 1 unspecified atom stereocenters. The zero-order valence-electron chi connectivity index (χ0n) is 17.9. The van der Waals surface area contributed by atoms with Gasteiger partial charge < -0.3 is 10.1 Å². The molecule has 2 aromatic carbocycles. The van der Waals surface area contributed by atoms with E-state index < -0.39 is 17.9 Å². The van der Waals surface area contributed by atoms with Gasteiger partial charge in [-0.2, -0.15) is 0 Å². The zero-order chi connectivity index (χ0) is 22.1. The maximum Gasteiger partial charge on any atom is 0.279 e. The van der Waals surface area contributed by atoms with E-state index in [2.05, 4.69) is 16.2 Å². The molecule has 160 valence electrons. The van der Waals surface area contributed by atoms with Gasteiger partial charge in [0.25, 0.3) is 5.91 Å². The number of ether oxygens (including phenoxy) is 1. The second-order valence-electron chi connectivity index (χ2n) is 7.24. The molecule has 0 aliphatic rings. The van der Waals surface area contributed by atoms with Crippen molar-refractivity contribution in [3.8, 4) is 5.75 Å². The first-order valence-corrected chi connectivity index (χ1v) is 9.97. The summed E-state index contributed by atoms with van der Waals surface area (Å²) >= 11 is 0. The number of hydrogen-bond donors (Lipinski definition) is 3. The van der Waals surface area contributed by atoms with Crippen molar-refractivity contribution in [3.63, 3.8) is 0 Å². The third-order valence-corrected chi connectivity index (χ3v) is 4.49. The van der Waals surface area contributed by atoms with E-state index >= 15 is 0 Å². The maximum atomic E-state index is 12.3. The van der Waals surface area contributed by atoms with E-state index in [1.165, 1.54) is 0 Å². The van der Waals surface area contributed by atoms with Crippen LogP contribution in [0, 0.1) is 20.8 Å². The summed E-state index contributed by atoms with van der Waals surface area (Å²) in [6.45, 7) is 7.64. The second kappa shape index (κ2) is 11.0. The minimum atomic E-state index is -0.736. The third kappa shape index (κ3) is 7.24. The monoisotopic (exact) mass is 411 g/mol. The van der Waals surface area contributed by atoms with Crippen LogP contribution in [0.4, 0.5) is 5.69 Å². The molecule has 7 heteroatoms. The highest BCUT2D eigenvalue weighted by Gasteiger charge is 2.19. The van der Waals surface area contributed by atoms with Crippen molar-refractivity contribution >= 4 is 23.4 Å². The molecule has 1 atom stereocenters. The Balaban J connectivity index is 1.75. The predicted molar refractivity (Wildman–Crippen MR) is 116 cm³/mol. The number of amides is 3. The number of carbonyl (C=O) groups is 3. The minimum Gasteiger partial charge on any atom is -0.481 e. The lowest BCUT2D eigenvalue weighted by atomic mass is 10.1. The lowest BCUT2D eigenvalue weighted by Crippen LogP contribution is -2.48. The summed E-state index contributed by atoms with van der Waals surface area (Å²) in [5, 5.41) is 2.79. The first kappa shape index (κ1) is 22.9. The van der Waals surface area contributed by atoms with E-state index in [1.807, 2.05) is 64.1 Å². The van der Waals surface area contributed by atoms with Gasteiger partial charge in [0.2, 0.25) is 11.8 Å². The van der Waals surface area contributed by atoms with E-state index in [-0.39, 0.29) is 18.7 Å². The smallest absolute Gasteiger partial charge is 0.279 e. The Morgan fingerprint density at radius 3 is 2.27 bits per heavy atom. The number of rotatable bonds is 8. The first-order chi connectivity index (χ1) is 14.3. The molecule has 3 N–H and O–H groups in total. The van der Waals surface area contributed by atoms with Crippen LogP contribution >= 0.6 is 0 Å². The van der Waals surface area contributed by atoms with Crippen molar-refractivity contribution < 1.29 is 19.1 Å². The topological polar surface area (TPSA) is 96.5 Å². The van der Waals surface area contributed by atoms with Gasteiger partial charge in [0.05, 0.1) is 0 Å². The van der Waals surface area contributed by atoms with Gasteiger partial charge in [-0.1, -0.05) is 36.8 Å². The molecule has 0 aliphatic heterocycles. The van der Waals surface area contributed by atoms with Crippen LogP contribution in [0.5, 0.6) is 5.75 Å². The van der Waals surface area contributed by atoms with Gasteiger partial charge in [-0.25, -0.2) is 0 Å². The normalized spacial score (nSPS) is 11.3. The van der Waals surface area contributed by atoms with Crippen LogP contribution in [-0.2, 0) is 14.4 Å². The van der Waals surface area contributed by atoms with E-state index in [9.17, 15) is 14.4 Å². The van der Waals surface area contributed by atoms with Gasteiger partial charge in [0.15, 0.2) is 6.10 Å². The SMILES string of the molecule is CCC(Oc1cccc(C)c1)C(=O)NNC(=O)CCC(=O)Nc1ccc(C)cc1C. The van der Waals surface area contributed by atoms with Gasteiger partial charge >= 0.3 is 0 Å². The number of nitrogens with one attached hydrogen (secondary N) is 3. The Bertz CT molecular complexity index is 911. The molecule has 2 aromatic rings. The Morgan fingerprint density at radius 1 is 0.900 bits per heavy atom. The van der Waals surface area contributed by atoms with E-state index in [1.54, 1.807) is 6.07 Å². The Kier molecular flexibility index (Phi) is 8.41. The molecule has 0 saturated heterocycles. The maximum absolute atomic E-state index is 12.3. The number of anilines is 1. The van der Waals surface area contributed by atoms with Crippen LogP contribution in [0.3, 0.4) is 0 Å². The number of benzene rings is 2. The van der Waals surface area contributed by atoms with Gasteiger partial charge in [0.1, 0.15) is 5.75 Å². The van der Waals surface area contributed by atoms with Crippen LogP contribution in [0.15, 0.2) is 42.5 Å².